The number of thioether (sulfide) groups is 1. The molecule has 1 aliphatic rings. The summed E-state index contributed by atoms with van der Waals surface area (Å²) in [7, 11) is 0. The summed E-state index contributed by atoms with van der Waals surface area (Å²) in [4.78, 5) is 22.5. The molecule has 0 bridgehead atoms. The standard InChI is InChI=1S/C9H9F6NO3S/c1-3-16(4(2-20-3)7(18)19)6(17)5(8(10,11)12)9(13,14)15/h3-5H,2H2,1H3,(H,18,19). The van der Waals surface area contributed by atoms with Crippen molar-refractivity contribution in [3.63, 3.8) is 0 Å². The fourth-order valence-corrected chi connectivity index (χ4v) is 2.96. The second-order valence-electron chi connectivity index (χ2n) is 4.05. The number of nitrogens with zero attached hydrogens (tertiary/aromatic N) is 1. The van der Waals surface area contributed by atoms with Crippen molar-refractivity contribution in [1.82, 2.24) is 4.90 Å². The van der Waals surface area contributed by atoms with Crippen molar-refractivity contribution in [2.45, 2.75) is 30.7 Å². The van der Waals surface area contributed by atoms with Gasteiger partial charge in [0.2, 0.25) is 11.8 Å². The average molecular weight is 325 g/mol. The van der Waals surface area contributed by atoms with Gasteiger partial charge in [0.25, 0.3) is 0 Å². The van der Waals surface area contributed by atoms with Crippen molar-refractivity contribution in [1.29, 1.82) is 0 Å². The Bertz CT molecular complexity index is 395. The molecule has 1 heterocycles. The van der Waals surface area contributed by atoms with Crippen LogP contribution in [0.3, 0.4) is 0 Å². The van der Waals surface area contributed by atoms with Crippen LogP contribution in [0.5, 0.6) is 0 Å². The molecule has 0 radical (unpaired) electrons. The lowest BCUT2D eigenvalue weighted by atomic mass is 10.1. The van der Waals surface area contributed by atoms with Gasteiger partial charge >= 0.3 is 18.3 Å². The molecule has 1 amide bonds. The summed E-state index contributed by atoms with van der Waals surface area (Å²) in [6, 6.07) is -1.70. The van der Waals surface area contributed by atoms with Gasteiger partial charge in [0, 0.05) is 5.75 Å². The molecule has 1 aliphatic heterocycles. The van der Waals surface area contributed by atoms with Gasteiger partial charge in [0.15, 0.2) is 0 Å². The van der Waals surface area contributed by atoms with Crippen LogP contribution in [0.2, 0.25) is 0 Å². The lowest BCUT2D eigenvalue weighted by Crippen LogP contribution is -2.54. The zero-order valence-electron chi connectivity index (χ0n) is 9.83. The summed E-state index contributed by atoms with van der Waals surface area (Å²) >= 11 is 0.798. The Kier molecular flexibility index (Phi) is 4.52. The number of halogens is 6. The topological polar surface area (TPSA) is 57.6 Å². The van der Waals surface area contributed by atoms with Crippen molar-refractivity contribution in [3.8, 4) is 0 Å². The normalized spacial score (nSPS) is 24.3. The molecule has 0 aromatic rings. The van der Waals surface area contributed by atoms with E-state index < -0.39 is 41.6 Å². The number of carbonyl (C=O) groups is 2. The van der Waals surface area contributed by atoms with Crippen LogP contribution in [0, 0.1) is 5.92 Å². The van der Waals surface area contributed by atoms with E-state index in [1.54, 1.807) is 0 Å². The Balaban J connectivity index is 3.15. The van der Waals surface area contributed by atoms with E-state index in [0.717, 1.165) is 11.8 Å². The molecule has 0 aliphatic carbocycles. The summed E-state index contributed by atoms with van der Waals surface area (Å²) in [5.74, 6) is -8.39. The van der Waals surface area contributed by atoms with E-state index in [2.05, 4.69) is 0 Å². The summed E-state index contributed by atoms with van der Waals surface area (Å²) in [6.45, 7) is 1.18. The predicted octanol–water partition coefficient (Wildman–Crippen LogP) is 2.10. The molecule has 2 unspecified atom stereocenters. The molecule has 4 nitrogen and oxygen atoms in total. The highest BCUT2D eigenvalue weighted by Gasteiger charge is 2.63. The molecule has 20 heavy (non-hydrogen) atoms. The van der Waals surface area contributed by atoms with E-state index in [1.807, 2.05) is 0 Å². The van der Waals surface area contributed by atoms with Crippen molar-refractivity contribution in [3.05, 3.63) is 0 Å². The number of carboxylic acid groups (broad SMARTS) is 1. The third-order valence-corrected chi connectivity index (χ3v) is 3.88. The molecule has 0 saturated carbocycles. The highest BCUT2D eigenvalue weighted by Crippen LogP contribution is 2.42. The van der Waals surface area contributed by atoms with Crippen LogP contribution < -0.4 is 0 Å². The minimum atomic E-state index is -5.83. The van der Waals surface area contributed by atoms with Crippen LogP contribution in [0.15, 0.2) is 0 Å². The molecular weight excluding hydrogens is 316 g/mol. The number of carboxylic acids is 1. The molecule has 0 spiro atoms. The Morgan fingerprint density at radius 2 is 1.65 bits per heavy atom. The van der Waals surface area contributed by atoms with Gasteiger partial charge in [-0.25, -0.2) is 4.79 Å². The zero-order chi connectivity index (χ0) is 15.9. The summed E-state index contributed by atoms with van der Waals surface area (Å²) in [5, 5.41) is 7.69. The van der Waals surface area contributed by atoms with Gasteiger partial charge in [-0.3, -0.25) is 4.79 Å². The maximum Gasteiger partial charge on any atom is 0.409 e. The molecule has 1 saturated heterocycles. The van der Waals surface area contributed by atoms with E-state index in [-0.39, 0.29) is 10.7 Å². The molecule has 1 fully saturated rings. The molecular formula is C9H9F6NO3S. The van der Waals surface area contributed by atoms with Crippen molar-refractivity contribution >= 4 is 23.6 Å². The summed E-state index contributed by atoms with van der Waals surface area (Å²) in [6.07, 6.45) is -11.7. The Labute approximate surface area is 113 Å². The number of aliphatic carboxylic acids is 1. The first-order chi connectivity index (χ1) is 8.87. The minimum Gasteiger partial charge on any atom is -0.480 e. The van der Waals surface area contributed by atoms with E-state index in [9.17, 15) is 35.9 Å². The average Bonchev–Trinajstić information content (AvgIpc) is 2.55. The fourth-order valence-electron chi connectivity index (χ4n) is 1.78. The third-order valence-electron chi connectivity index (χ3n) is 2.66. The Morgan fingerprint density at radius 1 is 1.20 bits per heavy atom. The quantitative estimate of drug-likeness (QED) is 0.790. The second-order valence-corrected chi connectivity index (χ2v) is 5.40. The van der Waals surface area contributed by atoms with Gasteiger partial charge in [0.05, 0.1) is 5.37 Å². The van der Waals surface area contributed by atoms with Gasteiger partial charge in [-0.05, 0) is 6.92 Å². The highest BCUT2D eigenvalue weighted by molar-refractivity contribution is 8.00. The second kappa shape index (κ2) is 5.34. The van der Waals surface area contributed by atoms with Crippen LogP contribution in [0.1, 0.15) is 6.92 Å². The minimum absolute atomic E-state index is 0.138. The van der Waals surface area contributed by atoms with Gasteiger partial charge in [-0.1, -0.05) is 0 Å². The maximum absolute atomic E-state index is 12.5. The molecule has 116 valence electrons. The van der Waals surface area contributed by atoms with Crippen LogP contribution >= 0.6 is 11.8 Å². The molecule has 1 N–H and O–H groups in total. The SMILES string of the molecule is CC1SCC(C(=O)O)N1C(=O)C(C(F)(F)F)C(F)(F)F. The smallest absolute Gasteiger partial charge is 0.409 e. The number of rotatable bonds is 2. The number of alkyl halides is 6. The Morgan fingerprint density at radius 3 is 2.00 bits per heavy atom. The van der Waals surface area contributed by atoms with Crippen molar-refractivity contribution in [2.75, 3.05) is 5.75 Å². The predicted molar refractivity (Wildman–Crippen MR) is 55.8 cm³/mol. The first kappa shape index (κ1) is 16.9. The summed E-state index contributed by atoms with van der Waals surface area (Å²) < 4.78 is 74.7. The zero-order valence-corrected chi connectivity index (χ0v) is 10.6. The Hall–Kier alpha value is -1.13. The monoisotopic (exact) mass is 325 g/mol. The van der Waals surface area contributed by atoms with Crippen LogP contribution in [0.4, 0.5) is 26.3 Å². The molecule has 2 atom stereocenters. The lowest BCUT2D eigenvalue weighted by Gasteiger charge is -2.31. The molecule has 0 aromatic carbocycles. The van der Waals surface area contributed by atoms with E-state index in [4.69, 9.17) is 5.11 Å². The first-order valence-corrected chi connectivity index (χ1v) is 6.22. The van der Waals surface area contributed by atoms with E-state index in [1.165, 1.54) is 6.92 Å². The van der Waals surface area contributed by atoms with Gasteiger partial charge in [-0.15, -0.1) is 11.8 Å². The van der Waals surface area contributed by atoms with Crippen LogP contribution in [-0.4, -0.2) is 51.4 Å². The van der Waals surface area contributed by atoms with Gasteiger partial charge in [-0.2, -0.15) is 26.3 Å². The van der Waals surface area contributed by atoms with E-state index in [0.29, 0.717) is 0 Å². The lowest BCUT2D eigenvalue weighted by molar-refractivity contribution is -0.278. The van der Waals surface area contributed by atoms with Crippen molar-refractivity contribution < 1.29 is 41.0 Å². The number of amides is 1. The van der Waals surface area contributed by atoms with Crippen LogP contribution in [-0.2, 0) is 9.59 Å². The van der Waals surface area contributed by atoms with Crippen molar-refractivity contribution in [2.24, 2.45) is 5.92 Å². The highest BCUT2D eigenvalue weighted by atomic mass is 32.2. The van der Waals surface area contributed by atoms with Gasteiger partial charge in [0.1, 0.15) is 6.04 Å². The number of hydrogen-bond donors (Lipinski definition) is 1. The largest absolute Gasteiger partial charge is 0.480 e. The molecule has 0 aromatic heterocycles. The molecule has 11 heteroatoms. The fraction of sp³-hybridized carbons (Fsp3) is 0.778. The maximum atomic E-state index is 12.5. The van der Waals surface area contributed by atoms with Crippen LogP contribution in [0.25, 0.3) is 0 Å². The first-order valence-electron chi connectivity index (χ1n) is 5.17. The van der Waals surface area contributed by atoms with Gasteiger partial charge < -0.3 is 10.0 Å². The summed E-state index contributed by atoms with van der Waals surface area (Å²) in [5.41, 5.74) is 0. The third kappa shape index (κ3) is 3.30. The van der Waals surface area contributed by atoms with E-state index >= 15 is 0 Å². The molecule has 1 rings (SSSR count). The number of carbonyl (C=O) groups excluding carboxylic acids is 1. The number of hydrogen-bond acceptors (Lipinski definition) is 3.